The number of thioether (sulfide) groups is 1. The predicted octanol–water partition coefficient (Wildman–Crippen LogP) is 4.81. The summed E-state index contributed by atoms with van der Waals surface area (Å²) in [5, 5.41) is 13.0. The number of amidine groups is 1. The normalized spacial score (nSPS) is 17.7. The van der Waals surface area contributed by atoms with Crippen molar-refractivity contribution in [3.63, 3.8) is 0 Å². The Balaban J connectivity index is 1.87. The molecule has 2 aromatic rings. The average Bonchev–Trinajstić information content (AvgIpc) is 2.85. The summed E-state index contributed by atoms with van der Waals surface area (Å²) >= 11 is 7.84. The molecular weight excluding hydrogens is 444 g/mol. The summed E-state index contributed by atoms with van der Waals surface area (Å²) in [6, 6.07) is 12.9. The third-order valence-corrected chi connectivity index (χ3v) is 5.09. The van der Waals surface area contributed by atoms with Crippen molar-refractivity contribution < 1.29 is 9.90 Å². The van der Waals surface area contributed by atoms with Crippen LogP contribution in [0.4, 0.5) is 5.69 Å². The molecule has 0 aliphatic carbocycles. The molecule has 0 saturated carbocycles. The molecule has 1 aliphatic heterocycles. The van der Waals surface area contributed by atoms with Crippen LogP contribution < -0.4 is 5.32 Å². The number of hydrogen-bond acceptors (Lipinski definition) is 4. The van der Waals surface area contributed by atoms with Gasteiger partial charge in [0.25, 0.3) is 5.91 Å². The average molecular weight is 454 g/mol. The number of carbonyl (C=O) groups is 1. The van der Waals surface area contributed by atoms with Crippen LogP contribution in [0.2, 0.25) is 0 Å². The molecule has 0 aromatic heterocycles. The van der Waals surface area contributed by atoms with E-state index in [0.717, 1.165) is 11.3 Å². The maximum atomic E-state index is 12.1. The van der Waals surface area contributed by atoms with Crippen LogP contribution in [0.5, 0.6) is 5.75 Å². The smallest absolute Gasteiger partial charge is 0.264 e. The van der Waals surface area contributed by atoms with Gasteiger partial charge in [0.15, 0.2) is 5.17 Å². The number of phenols is 1. The number of benzene rings is 2. The molecule has 1 aliphatic rings. The topological polar surface area (TPSA) is 61.7 Å². The second kappa shape index (κ2) is 6.90. The van der Waals surface area contributed by atoms with E-state index in [4.69, 9.17) is 0 Å². The standard InChI is InChI=1S/C16H10Br2N2O2S/c17-11-6-9(7-12(18)14(11)21)8-13-15(22)20-16(23-13)19-10-4-2-1-3-5-10/h1-8,21H,(H,19,20,22). The number of amides is 1. The molecule has 1 fully saturated rings. The van der Waals surface area contributed by atoms with Crippen LogP contribution in [-0.2, 0) is 4.79 Å². The molecule has 0 unspecified atom stereocenters. The largest absolute Gasteiger partial charge is 0.506 e. The predicted molar refractivity (Wildman–Crippen MR) is 101 cm³/mol. The van der Waals surface area contributed by atoms with E-state index in [1.165, 1.54) is 11.8 Å². The fourth-order valence-corrected chi connectivity index (χ4v) is 3.98. The van der Waals surface area contributed by atoms with Crippen molar-refractivity contribution in [2.75, 3.05) is 0 Å². The molecule has 2 aromatic carbocycles. The van der Waals surface area contributed by atoms with E-state index in [-0.39, 0.29) is 11.7 Å². The molecule has 1 saturated heterocycles. The van der Waals surface area contributed by atoms with Gasteiger partial charge in [0.05, 0.1) is 19.5 Å². The van der Waals surface area contributed by atoms with Gasteiger partial charge in [-0.1, -0.05) is 18.2 Å². The Morgan fingerprint density at radius 3 is 2.43 bits per heavy atom. The minimum atomic E-state index is -0.190. The van der Waals surface area contributed by atoms with Gasteiger partial charge in [-0.2, -0.15) is 0 Å². The maximum Gasteiger partial charge on any atom is 0.264 e. The lowest BCUT2D eigenvalue weighted by Crippen LogP contribution is -2.19. The molecule has 2 N–H and O–H groups in total. The molecular formula is C16H10Br2N2O2S. The highest BCUT2D eigenvalue weighted by Gasteiger charge is 2.24. The summed E-state index contributed by atoms with van der Waals surface area (Å²) in [7, 11) is 0. The first kappa shape index (κ1) is 16.3. The third-order valence-electron chi connectivity index (χ3n) is 2.97. The molecule has 3 rings (SSSR count). The van der Waals surface area contributed by atoms with Crippen molar-refractivity contribution in [1.29, 1.82) is 0 Å². The van der Waals surface area contributed by atoms with Crippen molar-refractivity contribution in [3.8, 4) is 5.75 Å². The lowest BCUT2D eigenvalue weighted by molar-refractivity contribution is -0.115. The van der Waals surface area contributed by atoms with Crippen LogP contribution in [0.3, 0.4) is 0 Å². The molecule has 1 amide bonds. The van der Waals surface area contributed by atoms with Crippen molar-refractivity contribution in [2.24, 2.45) is 4.99 Å². The Labute approximate surface area is 154 Å². The number of carbonyl (C=O) groups excluding carboxylic acids is 1. The van der Waals surface area contributed by atoms with Gasteiger partial charge in [0, 0.05) is 0 Å². The third kappa shape index (κ3) is 3.85. The number of nitrogens with zero attached hydrogens (tertiary/aromatic N) is 1. The SMILES string of the molecule is O=C1NC(=Nc2ccccc2)SC1=Cc1cc(Br)c(O)c(Br)c1. The van der Waals surface area contributed by atoms with Gasteiger partial charge in [-0.15, -0.1) is 0 Å². The zero-order valence-corrected chi connectivity index (χ0v) is 15.6. The quantitative estimate of drug-likeness (QED) is 0.641. The van der Waals surface area contributed by atoms with E-state index in [1.807, 2.05) is 30.3 Å². The van der Waals surface area contributed by atoms with Crippen LogP contribution in [0.25, 0.3) is 6.08 Å². The zero-order valence-electron chi connectivity index (χ0n) is 11.6. The van der Waals surface area contributed by atoms with E-state index in [1.54, 1.807) is 18.2 Å². The van der Waals surface area contributed by atoms with Crippen LogP contribution in [0, 0.1) is 0 Å². The molecule has 116 valence electrons. The second-order valence-corrected chi connectivity index (χ2v) is 7.39. The summed E-state index contributed by atoms with van der Waals surface area (Å²) in [4.78, 5) is 17.0. The highest BCUT2D eigenvalue weighted by Crippen LogP contribution is 2.35. The van der Waals surface area contributed by atoms with Gasteiger partial charge in [0.2, 0.25) is 0 Å². The minimum absolute atomic E-state index is 0.127. The van der Waals surface area contributed by atoms with Gasteiger partial charge in [0.1, 0.15) is 5.75 Å². The molecule has 1 heterocycles. The number of halogens is 2. The summed E-state index contributed by atoms with van der Waals surface area (Å²) in [5.41, 5.74) is 1.58. The summed E-state index contributed by atoms with van der Waals surface area (Å²) in [6.45, 7) is 0. The monoisotopic (exact) mass is 452 g/mol. The van der Waals surface area contributed by atoms with E-state index in [9.17, 15) is 9.90 Å². The van der Waals surface area contributed by atoms with E-state index >= 15 is 0 Å². The molecule has 4 nitrogen and oxygen atoms in total. The zero-order chi connectivity index (χ0) is 16.4. The number of para-hydroxylation sites is 1. The van der Waals surface area contributed by atoms with Crippen LogP contribution in [-0.4, -0.2) is 16.2 Å². The molecule has 23 heavy (non-hydrogen) atoms. The van der Waals surface area contributed by atoms with Crippen molar-refractivity contribution in [2.45, 2.75) is 0 Å². The maximum absolute atomic E-state index is 12.1. The molecule has 0 radical (unpaired) electrons. The first-order chi connectivity index (χ1) is 11.0. The first-order valence-corrected chi connectivity index (χ1v) is 8.96. The van der Waals surface area contributed by atoms with E-state index < -0.39 is 0 Å². The van der Waals surface area contributed by atoms with Crippen LogP contribution in [0.15, 0.2) is 61.3 Å². The van der Waals surface area contributed by atoms with Gasteiger partial charge < -0.3 is 10.4 Å². The fraction of sp³-hybridized carbons (Fsp3) is 0. The van der Waals surface area contributed by atoms with E-state index in [0.29, 0.717) is 19.0 Å². The van der Waals surface area contributed by atoms with Gasteiger partial charge >= 0.3 is 0 Å². The minimum Gasteiger partial charge on any atom is -0.506 e. The van der Waals surface area contributed by atoms with Gasteiger partial charge in [-0.25, -0.2) is 4.99 Å². The Bertz CT molecular complexity index is 812. The second-order valence-electron chi connectivity index (χ2n) is 4.65. The summed E-state index contributed by atoms with van der Waals surface area (Å²) in [6.07, 6.45) is 1.75. The van der Waals surface area contributed by atoms with Gasteiger partial charge in [-0.3, -0.25) is 4.79 Å². The fourth-order valence-electron chi connectivity index (χ4n) is 1.92. The number of aliphatic imine (C=N–C) groups is 1. The van der Waals surface area contributed by atoms with Crippen LogP contribution in [0.1, 0.15) is 5.56 Å². The Morgan fingerprint density at radius 1 is 1.13 bits per heavy atom. The lowest BCUT2D eigenvalue weighted by atomic mass is 10.2. The highest BCUT2D eigenvalue weighted by atomic mass is 79.9. The number of nitrogens with one attached hydrogen (secondary N) is 1. The van der Waals surface area contributed by atoms with Crippen molar-refractivity contribution >= 4 is 66.5 Å². The number of phenolic OH excluding ortho intramolecular Hbond substituents is 1. The Kier molecular flexibility index (Phi) is 4.89. The molecule has 0 spiro atoms. The van der Waals surface area contributed by atoms with Crippen molar-refractivity contribution in [3.05, 3.63) is 61.9 Å². The summed E-state index contributed by atoms with van der Waals surface area (Å²) < 4.78 is 1.11. The Morgan fingerprint density at radius 2 is 1.78 bits per heavy atom. The lowest BCUT2D eigenvalue weighted by Gasteiger charge is -2.02. The summed E-state index contributed by atoms with van der Waals surface area (Å²) in [5.74, 6) is -0.0630. The highest BCUT2D eigenvalue weighted by molar-refractivity contribution is 9.11. The van der Waals surface area contributed by atoms with E-state index in [2.05, 4.69) is 42.2 Å². The number of rotatable bonds is 2. The number of aromatic hydroxyl groups is 1. The number of hydrogen-bond donors (Lipinski definition) is 2. The molecule has 0 atom stereocenters. The van der Waals surface area contributed by atoms with Crippen molar-refractivity contribution in [1.82, 2.24) is 5.32 Å². The first-order valence-electron chi connectivity index (χ1n) is 6.55. The molecule has 7 heteroatoms. The molecule has 0 bridgehead atoms. The van der Waals surface area contributed by atoms with Crippen LogP contribution >= 0.6 is 43.6 Å². The van der Waals surface area contributed by atoms with Gasteiger partial charge in [-0.05, 0) is 79.5 Å². The Hall–Kier alpha value is -1.57.